The maximum Gasteiger partial charge on any atom is 0.269 e. The summed E-state index contributed by atoms with van der Waals surface area (Å²) in [5, 5.41) is 0. The van der Waals surface area contributed by atoms with Crippen LogP contribution in [-0.4, -0.2) is 25.2 Å². The first-order chi connectivity index (χ1) is 7.44. The standard InChI is InChI=1S/C10H10N2O3S/c1-7(11)6-12-10(13)8-4-2-3-5-9(8)16(12,14)15/h2-5H,1,6,11H2. The molecule has 16 heavy (non-hydrogen) atoms. The van der Waals surface area contributed by atoms with Crippen molar-refractivity contribution >= 4 is 15.9 Å². The van der Waals surface area contributed by atoms with Gasteiger partial charge in [0.15, 0.2) is 0 Å². The van der Waals surface area contributed by atoms with Gasteiger partial charge in [0, 0.05) is 5.70 Å². The van der Waals surface area contributed by atoms with Crippen molar-refractivity contribution in [3.63, 3.8) is 0 Å². The molecule has 2 rings (SSSR count). The van der Waals surface area contributed by atoms with Gasteiger partial charge >= 0.3 is 0 Å². The molecule has 5 nitrogen and oxygen atoms in total. The molecule has 0 spiro atoms. The smallest absolute Gasteiger partial charge is 0.269 e. The molecule has 6 heteroatoms. The highest BCUT2D eigenvalue weighted by Crippen LogP contribution is 2.29. The Morgan fingerprint density at radius 1 is 1.38 bits per heavy atom. The van der Waals surface area contributed by atoms with E-state index in [4.69, 9.17) is 5.73 Å². The number of amides is 1. The van der Waals surface area contributed by atoms with Crippen LogP contribution in [0.15, 0.2) is 41.4 Å². The Morgan fingerprint density at radius 3 is 2.56 bits per heavy atom. The number of carbonyl (C=O) groups is 1. The van der Waals surface area contributed by atoms with Gasteiger partial charge in [-0.15, -0.1) is 0 Å². The average Bonchev–Trinajstić information content (AvgIpc) is 2.41. The first kappa shape index (κ1) is 10.7. The van der Waals surface area contributed by atoms with Crippen LogP contribution in [0.4, 0.5) is 0 Å². The van der Waals surface area contributed by atoms with Crippen molar-refractivity contribution in [2.75, 3.05) is 6.54 Å². The Labute approximate surface area is 93.2 Å². The van der Waals surface area contributed by atoms with Gasteiger partial charge in [-0.2, -0.15) is 0 Å². The lowest BCUT2D eigenvalue weighted by Crippen LogP contribution is -2.33. The van der Waals surface area contributed by atoms with E-state index in [-0.39, 0.29) is 22.7 Å². The Bertz CT molecular complexity index is 577. The largest absolute Gasteiger partial charge is 0.401 e. The van der Waals surface area contributed by atoms with Crippen molar-refractivity contribution in [3.05, 3.63) is 42.1 Å². The van der Waals surface area contributed by atoms with Crippen molar-refractivity contribution in [1.29, 1.82) is 0 Å². The lowest BCUT2D eigenvalue weighted by molar-refractivity contribution is 0.0878. The highest BCUT2D eigenvalue weighted by Gasteiger charge is 2.40. The van der Waals surface area contributed by atoms with Gasteiger partial charge in [0.2, 0.25) is 0 Å². The number of rotatable bonds is 2. The summed E-state index contributed by atoms with van der Waals surface area (Å²) in [5.41, 5.74) is 5.65. The lowest BCUT2D eigenvalue weighted by Gasteiger charge is -2.14. The van der Waals surface area contributed by atoms with E-state index < -0.39 is 15.9 Å². The zero-order valence-corrected chi connectivity index (χ0v) is 9.20. The number of sulfonamides is 1. The fourth-order valence-corrected chi connectivity index (χ4v) is 3.15. The second-order valence-electron chi connectivity index (χ2n) is 3.47. The van der Waals surface area contributed by atoms with Gasteiger partial charge in [-0.05, 0) is 12.1 Å². The summed E-state index contributed by atoms with van der Waals surface area (Å²) in [4.78, 5) is 11.8. The molecule has 1 amide bonds. The van der Waals surface area contributed by atoms with Gasteiger partial charge in [0.1, 0.15) is 4.90 Å². The third-order valence-electron chi connectivity index (χ3n) is 2.26. The minimum absolute atomic E-state index is 0.0289. The molecule has 1 aliphatic rings. The van der Waals surface area contributed by atoms with Crippen LogP contribution in [0.1, 0.15) is 10.4 Å². The molecule has 0 radical (unpaired) electrons. The fourth-order valence-electron chi connectivity index (χ4n) is 1.57. The molecule has 84 valence electrons. The summed E-state index contributed by atoms with van der Waals surface area (Å²) >= 11 is 0. The summed E-state index contributed by atoms with van der Waals surface area (Å²) in [6, 6.07) is 6.08. The van der Waals surface area contributed by atoms with Crippen LogP contribution in [0.2, 0.25) is 0 Å². The number of nitrogens with zero attached hydrogens (tertiary/aromatic N) is 1. The van der Waals surface area contributed by atoms with Gasteiger partial charge in [-0.3, -0.25) is 4.79 Å². The topological polar surface area (TPSA) is 80.5 Å². The number of carbonyl (C=O) groups excluding carboxylic acids is 1. The molecule has 0 bridgehead atoms. The van der Waals surface area contributed by atoms with E-state index in [9.17, 15) is 13.2 Å². The maximum atomic E-state index is 11.9. The average molecular weight is 238 g/mol. The fraction of sp³-hybridized carbons (Fsp3) is 0.100. The van der Waals surface area contributed by atoms with E-state index in [2.05, 4.69) is 6.58 Å². The van der Waals surface area contributed by atoms with E-state index in [1.165, 1.54) is 12.1 Å². The number of hydrogen-bond acceptors (Lipinski definition) is 4. The molecule has 0 saturated carbocycles. The van der Waals surface area contributed by atoms with Gasteiger partial charge < -0.3 is 5.73 Å². The van der Waals surface area contributed by atoms with Crippen molar-refractivity contribution in [1.82, 2.24) is 4.31 Å². The van der Waals surface area contributed by atoms with Crippen molar-refractivity contribution in [2.45, 2.75) is 4.90 Å². The predicted octanol–water partition coefficient (Wildman–Crippen LogP) is 0.304. The molecule has 0 unspecified atom stereocenters. The van der Waals surface area contributed by atoms with Crippen LogP contribution < -0.4 is 5.73 Å². The van der Waals surface area contributed by atoms with E-state index >= 15 is 0 Å². The molecule has 0 aromatic heterocycles. The van der Waals surface area contributed by atoms with E-state index in [1.54, 1.807) is 12.1 Å². The van der Waals surface area contributed by atoms with Crippen LogP contribution >= 0.6 is 0 Å². The van der Waals surface area contributed by atoms with E-state index in [0.717, 1.165) is 4.31 Å². The Kier molecular flexibility index (Phi) is 2.23. The van der Waals surface area contributed by atoms with Gasteiger partial charge in [-0.1, -0.05) is 18.7 Å². The molecule has 0 aliphatic carbocycles. The van der Waals surface area contributed by atoms with E-state index in [0.29, 0.717) is 0 Å². The van der Waals surface area contributed by atoms with Crippen LogP contribution in [0, 0.1) is 0 Å². The number of fused-ring (bicyclic) bond motifs is 1. The Balaban J connectivity index is 2.58. The lowest BCUT2D eigenvalue weighted by atomic mass is 10.2. The molecule has 1 aliphatic heterocycles. The van der Waals surface area contributed by atoms with Crippen LogP contribution in [0.3, 0.4) is 0 Å². The summed E-state index contributed by atoms with van der Waals surface area (Å²) in [6.45, 7) is 3.22. The molecule has 0 atom stereocenters. The quantitative estimate of drug-likeness (QED) is 0.803. The van der Waals surface area contributed by atoms with Crippen molar-refractivity contribution in [2.24, 2.45) is 5.73 Å². The highest BCUT2D eigenvalue weighted by molar-refractivity contribution is 7.90. The molecule has 0 fully saturated rings. The minimum Gasteiger partial charge on any atom is -0.401 e. The van der Waals surface area contributed by atoms with Crippen molar-refractivity contribution < 1.29 is 13.2 Å². The molecule has 2 N–H and O–H groups in total. The molecular formula is C10H10N2O3S. The van der Waals surface area contributed by atoms with Crippen LogP contribution in [-0.2, 0) is 10.0 Å². The van der Waals surface area contributed by atoms with Gasteiger partial charge in [0.05, 0.1) is 12.1 Å². The highest BCUT2D eigenvalue weighted by atomic mass is 32.2. The normalized spacial score (nSPS) is 17.2. The number of benzene rings is 1. The molecule has 1 heterocycles. The monoisotopic (exact) mass is 238 g/mol. The third kappa shape index (κ3) is 1.38. The second kappa shape index (κ2) is 3.34. The molecular weight excluding hydrogens is 228 g/mol. The van der Waals surface area contributed by atoms with Crippen LogP contribution in [0.25, 0.3) is 0 Å². The van der Waals surface area contributed by atoms with E-state index in [1.807, 2.05) is 0 Å². The maximum absolute atomic E-state index is 11.9. The SMILES string of the molecule is C=C(N)CN1C(=O)c2ccccc2S1(=O)=O. The number of nitrogens with two attached hydrogens (primary N) is 1. The summed E-state index contributed by atoms with van der Waals surface area (Å²) in [7, 11) is -3.75. The predicted molar refractivity (Wildman–Crippen MR) is 58.0 cm³/mol. The molecule has 0 saturated heterocycles. The van der Waals surface area contributed by atoms with Crippen LogP contribution in [0.5, 0.6) is 0 Å². The Morgan fingerprint density at radius 2 is 2.00 bits per heavy atom. The summed E-state index contributed by atoms with van der Waals surface area (Å²) in [6.07, 6.45) is 0. The van der Waals surface area contributed by atoms with Gasteiger partial charge in [-0.25, -0.2) is 12.7 Å². The first-order valence-corrected chi connectivity index (χ1v) is 5.98. The zero-order valence-electron chi connectivity index (χ0n) is 8.38. The molecule has 1 aromatic rings. The summed E-state index contributed by atoms with van der Waals surface area (Å²) in [5.74, 6) is -0.554. The second-order valence-corrected chi connectivity index (χ2v) is 5.30. The zero-order chi connectivity index (χ0) is 11.9. The minimum atomic E-state index is -3.75. The van der Waals surface area contributed by atoms with Gasteiger partial charge in [0.25, 0.3) is 15.9 Å². The Hall–Kier alpha value is -1.82. The summed E-state index contributed by atoms with van der Waals surface area (Å²) < 4.78 is 24.6. The van der Waals surface area contributed by atoms with Crippen molar-refractivity contribution in [3.8, 4) is 0 Å². The molecule has 1 aromatic carbocycles. The first-order valence-electron chi connectivity index (χ1n) is 4.54. The number of hydrogen-bond donors (Lipinski definition) is 1. The third-order valence-corrected chi connectivity index (χ3v) is 4.05.